The van der Waals surface area contributed by atoms with E-state index in [4.69, 9.17) is 4.42 Å². The molecule has 1 aromatic heterocycles. The first-order chi connectivity index (χ1) is 16.8. The Morgan fingerprint density at radius 3 is 2.20 bits per heavy atom. The van der Waals surface area contributed by atoms with Gasteiger partial charge < -0.3 is 19.5 Å². The lowest BCUT2D eigenvalue weighted by molar-refractivity contribution is -0.132. The normalized spacial score (nSPS) is 14.9. The zero-order valence-corrected chi connectivity index (χ0v) is 19.3. The van der Waals surface area contributed by atoms with Gasteiger partial charge in [0.2, 0.25) is 15.2 Å². The van der Waals surface area contributed by atoms with Crippen molar-refractivity contribution in [2.45, 2.75) is 10.3 Å². The number of nitrogens with one attached hydrogen (secondary N) is 1. The highest BCUT2D eigenvalue weighted by atomic mass is 32.2. The van der Waals surface area contributed by atoms with Crippen LogP contribution in [-0.4, -0.2) is 67.5 Å². The molecule has 0 bridgehead atoms. The molecule has 1 N–H and O–H groups in total. The summed E-state index contributed by atoms with van der Waals surface area (Å²) in [4.78, 5) is 41.2. The van der Waals surface area contributed by atoms with Crippen molar-refractivity contribution in [1.82, 2.24) is 15.1 Å². The number of sulfone groups is 1. The van der Waals surface area contributed by atoms with Crippen molar-refractivity contribution in [3.8, 4) is 0 Å². The van der Waals surface area contributed by atoms with Gasteiger partial charge in [-0.1, -0.05) is 24.3 Å². The Labute approximate surface area is 201 Å². The van der Waals surface area contributed by atoms with E-state index >= 15 is 0 Å². The molecule has 1 atom stereocenters. The van der Waals surface area contributed by atoms with E-state index in [2.05, 4.69) is 5.32 Å². The molecule has 1 saturated heterocycles. The molecule has 0 radical (unpaired) electrons. The minimum absolute atomic E-state index is 0.0390. The third kappa shape index (κ3) is 5.24. The Morgan fingerprint density at radius 2 is 1.57 bits per heavy atom. The molecule has 1 aliphatic rings. The van der Waals surface area contributed by atoms with Gasteiger partial charge in [-0.15, -0.1) is 0 Å². The Balaban J connectivity index is 1.52. The number of rotatable bonds is 6. The number of halogens is 1. The summed E-state index contributed by atoms with van der Waals surface area (Å²) in [6.45, 7) is 0.311. The maximum atomic E-state index is 13.5. The van der Waals surface area contributed by atoms with Crippen LogP contribution in [0.2, 0.25) is 0 Å². The van der Waals surface area contributed by atoms with Gasteiger partial charge in [0.05, 0.1) is 11.2 Å². The Hall–Kier alpha value is -3.99. The molecule has 2 aromatic carbocycles. The molecule has 35 heavy (non-hydrogen) atoms. The fraction of sp³-hybridized carbons (Fsp3) is 0.208. The van der Waals surface area contributed by atoms with Crippen molar-refractivity contribution < 1.29 is 31.6 Å². The number of amides is 3. The first kappa shape index (κ1) is 24.1. The quantitative estimate of drug-likeness (QED) is 0.554. The highest BCUT2D eigenvalue weighted by Crippen LogP contribution is 2.19. The number of nitrogens with zero attached hydrogens (tertiary/aromatic N) is 2. The second kappa shape index (κ2) is 10.1. The molecule has 11 heteroatoms. The summed E-state index contributed by atoms with van der Waals surface area (Å²) in [5.74, 6) is -2.75. The highest BCUT2D eigenvalue weighted by Gasteiger charge is 2.40. The molecule has 9 nitrogen and oxygen atoms in total. The predicted octanol–water partition coefficient (Wildman–Crippen LogP) is 1.93. The number of carbonyl (C=O) groups excluding carboxylic acids is 3. The van der Waals surface area contributed by atoms with Crippen LogP contribution in [0.4, 0.5) is 4.39 Å². The van der Waals surface area contributed by atoms with Gasteiger partial charge in [0.1, 0.15) is 5.82 Å². The number of benzene rings is 2. The first-order valence-corrected chi connectivity index (χ1v) is 12.3. The van der Waals surface area contributed by atoms with E-state index in [9.17, 15) is 27.2 Å². The molecule has 4 rings (SSSR count). The third-order valence-corrected chi connectivity index (χ3v) is 7.43. The van der Waals surface area contributed by atoms with Crippen molar-refractivity contribution in [3.05, 3.63) is 90.1 Å². The fourth-order valence-electron chi connectivity index (χ4n) is 3.72. The average Bonchev–Trinajstić information content (AvgIpc) is 3.42. The van der Waals surface area contributed by atoms with E-state index in [1.807, 2.05) is 0 Å². The monoisotopic (exact) mass is 499 g/mol. The van der Waals surface area contributed by atoms with Crippen molar-refractivity contribution in [1.29, 1.82) is 0 Å². The summed E-state index contributed by atoms with van der Waals surface area (Å²) >= 11 is 0. The standard InChI is InChI=1S/C24H22FN3O6S/c25-18-7-4-6-17(16-18)23(30)27-11-13-28(14-12-27)24(31)22(26-21(29)20-10-5-15-34-20)35(32,33)19-8-2-1-3-9-19/h1-10,15-16,22H,11-14H2,(H,26,29)/t22-/m0/s1. The highest BCUT2D eigenvalue weighted by molar-refractivity contribution is 7.92. The molecule has 1 aliphatic heterocycles. The van der Waals surface area contributed by atoms with Gasteiger partial charge in [-0.2, -0.15) is 0 Å². The lowest BCUT2D eigenvalue weighted by Crippen LogP contribution is -2.57. The molecular formula is C24H22FN3O6S. The van der Waals surface area contributed by atoms with Crippen LogP contribution in [0.1, 0.15) is 20.9 Å². The van der Waals surface area contributed by atoms with Gasteiger partial charge >= 0.3 is 0 Å². The number of hydrogen-bond acceptors (Lipinski definition) is 6. The summed E-state index contributed by atoms with van der Waals surface area (Å²) < 4.78 is 45.2. The number of furan rings is 1. The van der Waals surface area contributed by atoms with Gasteiger partial charge in [0.15, 0.2) is 5.76 Å². The van der Waals surface area contributed by atoms with E-state index in [0.717, 1.165) is 6.07 Å². The van der Waals surface area contributed by atoms with Crippen molar-refractivity contribution in [3.63, 3.8) is 0 Å². The molecule has 0 spiro atoms. The molecule has 3 amide bonds. The van der Waals surface area contributed by atoms with Crippen molar-refractivity contribution in [2.75, 3.05) is 26.2 Å². The molecule has 3 aromatic rings. The molecule has 0 saturated carbocycles. The smallest absolute Gasteiger partial charge is 0.288 e. The van der Waals surface area contributed by atoms with E-state index in [1.54, 1.807) is 6.07 Å². The molecule has 0 aliphatic carbocycles. The summed E-state index contributed by atoms with van der Waals surface area (Å²) in [5, 5.41) is 0.392. The van der Waals surface area contributed by atoms with Crippen LogP contribution in [0, 0.1) is 5.82 Å². The lowest BCUT2D eigenvalue weighted by Gasteiger charge is -2.36. The van der Waals surface area contributed by atoms with E-state index in [0.29, 0.717) is 0 Å². The van der Waals surface area contributed by atoms with Crippen LogP contribution in [0.25, 0.3) is 0 Å². The largest absolute Gasteiger partial charge is 0.459 e. The van der Waals surface area contributed by atoms with E-state index < -0.39 is 38.7 Å². The molecular weight excluding hydrogens is 477 g/mol. The summed E-state index contributed by atoms with van der Waals surface area (Å²) in [6, 6.07) is 15.4. The second-order valence-corrected chi connectivity index (χ2v) is 9.85. The molecule has 0 unspecified atom stereocenters. The van der Waals surface area contributed by atoms with Gasteiger partial charge in [-0.05, 0) is 42.5 Å². The minimum atomic E-state index is -4.30. The summed E-state index contributed by atoms with van der Waals surface area (Å²) in [7, 11) is -4.30. The van der Waals surface area contributed by atoms with Gasteiger partial charge in [-0.25, -0.2) is 12.8 Å². The van der Waals surface area contributed by atoms with Crippen LogP contribution in [0.5, 0.6) is 0 Å². The van der Waals surface area contributed by atoms with E-state index in [1.165, 1.54) is 70.7 Å². The van der Waals surface area contributed by atoms with Crippen LogP contribution in [-0.2, 0) is 14.6 Å². The average molecular weight is 500 g/mol. The van der Waals surface area contributed by atoms with Gasteiger partial charge in [0, 0.05) is 31.7 Å². The van der Waals surface area contributed by atoms with Crippen LogP contribution >= 0.6 is 0 Å². The summed E-state index contributed by atoms with van der Waals surface area (Å²) in [6.07, 6.45) is 1.26. The Morgan fingerprint density at radius 1 is 0.886 bits per heavy atom. The van der Waals surface area contributed by atoms with Crippen molar-refractivity contribution in [2.24, 2.45) is 0 Å². The number of hydrogen-bond donors (Lipinski definition) is 1. The third-order valence-electron chi connectivity index (χ3n) is 5.56. The Bertz CT molecular complexity index is 1320. The number of carbonyl (C=O) groups is 3. The van der Waals surface area contributed by atoms with Gasteiger partial charge in [-0.3, -0.25) is 14.4 Å². The lowest BCUT2D eigenvalue weighted by atomic mass is 10.1. The number of piperazine rings is 1. The maximum absolute atomic E-state index is 13.5. The SMILES string of the molecule is O=C(N[C@H](C(=O)N1CCN(C(=O)c2cccc(F)c2)CC1)S(=O)(=O)c1ccccc1)c1ccco1. The zero-order valence-electron chi connectivity index (χ0n) is 18.5. The minimum Gasteiger partial charge on any atom is -0.459 e. The first-order valence-electron chi connectivity index (χ1n) is 10.7. The zero-order chi connectivity index (χ0) is 25.0. The van der Waals surface area contributed by atoms with Gasteiger partial charge in [0.25, 0.3) is 17.7 Å². The molecule has 182 valence electrons. The second-order valence-electron chi connectivity index (χ2n) is 7.82. The van der Waals surface area contributed by atoms with Crippen LogP contribution < -0.4 is 5.32 Å². The summed E-state index contributed by atoms with van der Waals surface area (Å²) in [5.41, 5.74) is 0.181. The maximum Gasteiger partial charge on any atom is 0.288 e. The Kier molecular flexibility index (Phi) is 6.97. The molecule has 1 fully saturated rings. The predicted molar refractivity (Wildman–Crippen MR) is 122 cm³/mol. The van der Waals surface area contributed by atoms with Crippen molar-refractivity contribution >= 4 is 27.6 Å². The fourth-order valence-corrected chi connectivity index (χ4v) is 5.20. The topological polar surface area (TPSA) is 117 Å². The van der Waals surface area contributed by atoms with Crippen LogP contribution in [0.3, 0.4) is 0 Å². The van der Waals surface area contributed by atoms with Crippen LogP contribution in [0.15, 0.2) is 82.3 Å². The van der Waals surface area contributed by atoms with E-state index in [-0.39, 0.29) is 42.4 Å². The molecule has 2 heterocycles.